The van der Waals surface area contributed by atoms with Crippen molar-refractivity contribution in [3.8, 4) is 5.69 Å². The van der Waals surface area contributed by atoms with E-state index in [9.17, 15) is 8.42 Å². The molecule has 0 bridgehead atoms. The Morgan fingerprint density at radius 1 is 1.23 bits per heavy atom. The number of benzene rings is 1. The maximum atomic E-state index is 12.3. The molecule has 10 heteroatoms. The minimum absolute atomic E-state index is 0. The number of aliphatic imine (C=N–C) groups is 1. The molecular weight excluding hydrogens is 527 g/mol. The summed E-state index contributed by atoms with van der Waals surface area (Å²) in [4.78, 5) is 4.73. The lowest BCUT2D eigenvalue weighted by atomic mass is 10.1. The molecule has 2 aromatic rings. The van der Waals surface area contributed by atoms with Gasteiger partial charge < -0.3 is 10.6 Å². The Morgan fingerprint density at radius 2 is 2.00 bits per heavy atom. The molecule has 0 spiro atoms. The van der Waals surface area contributed by atoms with E-state index in [0.717, 1.165) is 36.6 Å². The Bertz CT molecular complexity index is 925. The van der Waals surface area contributed by atoms with Crippen LogP contribution in [0.1, 0.15) is 38.7 Å². The monoisotopic (exact) mass is 560 g/mol. The fourth-order valence-corrected chi connectivity index (χ4v) is 5.11. The molecule has 0 saturated carbocycles. The Balaban J connectivity index is 0.00000341. The van der Waals surface area contributed by atoms with Crippen LogP contribution in [0, 0.1) is 0 Å². The molecule has 1 aliphatic rings. The van der Waals surface area contributed by atoms with Crippen LogP contribution in [0.15, 0.2) is 47.7 Å². The van der Waals surface area contributed by atoms with Crippen molar-refractivity contribution in [1.82, 2.24) is 24.7 Å². The lowest BCUT2D eigenvalue weighted by Gasteiger charge is -2.32. The minimum atomic E-state index is -3.11. The van der Waals surface area contributed by atoms with Gasteiger partial charge in [-0.1, -0.05) is 19.1 Å². The third-order valence-corrected chi connectivity index (χ3v) is 7.17. The number of halogens is 1. The third kappa shape index (κ3) is 7.46. The standard InChI is InChI=1S/C21H32N6O2S.HI/c1-3-15-30(28,29)26-13-9-19(10-14-26)25-21(22-4-2)23-17-18-7-5-8-20(16-18)27-12-6-11-24-27;/h5-8,11-12,16,19H,3-4,9-10,13-15,17H2,1-2H3,(H2,22,23,25);1H. The highest BCUT2D eigenvalue weighted by Crippen LogP contribution is 2.15. The molecule has 1 aromatic carbocycles. The molecule has 31 heavy (non-hydrogen) atoms. The molecule has 8 nitrogen and oxygen atoms in total. The number of nitrogens with zero attached hydrogens (tertiary/aromatic N) is 4. The average molecular weight is 561 g/mol. The molecule has 0 unspecified atom stereocenters. The highest BCUT2D eigenvalue weighted by Gasteiger charge is 2.27. The van der Waals surface area contributed by atoms with Gasteiger partial charge in [0.05, 0.1) is 18.0 Å². The number of hydrogen-bond acceptors (Lipinski definition) is 4. The lowest BCUT2D eigenvalue weighted by Crippen LogP contribution is -2.50. The second-order valence-corrected chi connectivity index (χ2v) is 9.54. The van der Waals surface area contributed by atoms with Crippen LogP contribution in [0.3, 0.4) is 0 Å². The van der Waals surface area contributed by atoms with E-state index in [1.165, 1.54) is 0 Å². The summed E-state index contributed by atoms with van der Waals surface area (Å²) in [5.74, 6) is 0.990. The fraction of sp³-hybridized carbons (Fsp3) is 0.524. The first-order valence-corrected chi connectivity index (χ1v) is 12.2. The molecule has 172 valence electrons. The molecule has 1 fully saturated rings. The second kappa shape index (κ2) is 12.4. The smallest absolute Gasteiger partial charge is 0.214 e. The van der Waals surface area contributed by atoms with Crippen LogP contribution in [0.5, 0.6) is 0 Å². The van der Waals surface area contributed by atoms with Gasteiger partial charge in [-0.05, 0) is 49.9 Å². The molecule has 1 aliphatic heterocycles. The highest BCUT2D eigenvalue weighted by atomic mass is 127. The Kier molecular flexibility index (Phi) is 10.2. The summed E-state index contributed by atoms with van der Waals surface area (Å²) in [5, 5.41) is 11.0. The lowest BCUT2D eigenvalue weighted by molar-refractivity contribution is 0.306. The predicted molar refractivity (Wildman–Crippen MR) is 136 cm³/mol. The Morgan fingerprint density at radius 3 is 2.65 bits per heavy atom. The third-order valence-electron chi connectivity index (χ3n) is 5.09. The molecule has 3 rings (SSSR count). The zero-order chi connectivity index (χ0) is 21.4. The number of aromatic nitrogens is 2. The highest BCUT2D eigenvalue weighted by molar-refractivity contribution is 14.0. The molecule has 0 aliphatic carbocycles. The van der Waals surface area contributed by atoms with E-state index >= 15 is 0 Å². The number of hydrogen-bond donors (Lipinski definition) is 2. The van der Waals surface area contributed by atoms with Crippen LogP contribution in [-0.2, 0) is 16.6 Å². The Hall–Kier alpha value is -1.66. The molecule has 0 atom stereocenters. The van der Waals surface area contributed by atoms with Gasteiger partial charge in [0, 0.05) is 38.1 Å². The largest absolute Gasteiger partial charge is 0.357 e. The first kappa shape index (κ1) is 25.6. The van der Waals surface area contributed by atoms with Crippen LogP contribution >= 0.6 is 24.0 Å². The average Bonchev–Trinajstić information content (AvgIpc) is 3.28. The summed E-state index contributed by atoms with van der Waals surface area (Å²) in [6.07, 6.45) is 5.89. The summed E-state index contributed by atoms with van der Waals surface area (Å²) >= 11 is 0. The number of sulfonamides is 1. The summed E-state index contributed by atoms with van der Waals surface area (Å²) in [5.41, 5.74) is 2.10. The van der Waals surface area contributed by atoms with E-state index in [0.29, 0.717) is 26.1 Å². The normalized spacial score (nSPS) is 16.0. The van der Waals surface area contributed by atoms with Crippen LogP contribution in [0.2, 0.25) is 0 Å². The van der Waals surface area contributed by atoms with E-state index in [4.69, 9.17) is 4.99 Å². The van der Waals surface area contributed by atoms with Crippen LogP contribution in [-0.4, -0.2) is 59.9 Å². The molecule has 2 heterocycles. The van der Waals surface area contributed by atoms with Crippen LogP contribution < -0.4 is 10.6 Å². The molecule has 1 aromatic heterocycles. The van der Waals surface area contributed by atoms with Gasteiger partial charge in [0.25, 0.3) is 0 Å². The van der Waals surface area contributed by atoms with Crippen LogP contribution in [0.25, 0.3) is 5.69 Å². The summed E-state index contributed by atoms with van der Waals surface area (Å²) < 4.78 is 28.0. The maximum Gasteiger partial charge on any atom is 0.214 e. The topological polar surface area (TPSA) is 91.6 Å². The summed E-state index contributed by atoms with van der Waals surface area (Å²) in [7, 11) is -3.11. The van der Waals surface area contributed by atoms with Crippen molar-refractivity contribution in [3.05, 3.63) is 48.3 Å². The van der Waals surface area contributed by atoms with Gasteiger partial charge in [0.1, 0.15) is 0 Å². The van der Waals surface area contributed by atoms with E-state index < -0.39 is 10.0 Å². The Labute approximate surface area is 202 Å². The van der Waals surface area contributed by atoms with E-state index in [2.05, 4.69) is 27.9 Å². The molecule has 2 N–H and O–H groups in total. The first-order chi connectivity index (χ1) is 14.5. The van der Waals surface area contributed by atoms with E-state index in [-0.39, 0.29) is 35.8 Å². The maximum absolute atomic E-state index is 12.3. The van der Waals surface area contributed by atoms with Gasteiger partial charge in [0.15, 0.2) is 5.96 Å². The number of piperidine rings is 1. The van der Waals surface area contributed by atoms with Crippen LogP contribution in [0.4, 0.5) is 0 Å². The van der Waals surface area contributed by atoms with Crippen molar-refractivity contribution in [2.75, 3.05) is 25.4 Å². The fourth-order valence-electron chi connectivity index (χ4n) is 3.57. The molecular formula is C21H33IN6O2S. The van der Waals surface area contributed by atoms with E-state index in [1.54, 1.807) is 10.5 Å². The quantitative estimate of drug-likeness (QED) is 0.295. The van der Waals surface area contributed by atoms with Gasteiger partial charge in [0.2, 0.25) is 10.0 Å². The van der Waals surface area contributed by atoms with Gasteiger partial charge in [-0.15, -0.1) is 24.0 Å². The SMILES string of the molecule is CCCS(=O)(=O)N1CCC(NC(=NCc2cccc(-n3cccn3)c2)NCC)CC1.I. The van der Waals surface area contributed by atoms with Crippen molar-refractivity contribution in [2.45, 2.75) is 45.7 Å². The van der Waals surface area contributed by atoms with Crippen molar-refractivity contribution in [1.29, 1.82) is 0 Å². The minimum Gasteiger partial charge on any atom is -0.357 e. The van der Waals surface area contributed by atoms with Gasteiger partial charge in [-0.25, -0.2) is 22.4 Å². The molecule has 0 amide bonds. The van der Waals surface area contributed by atoms with Gasteiger partial charge in [-0.3, -0.25) is 0 Å². The second-order valence-electron chi connectivity index (χ2n) is 7.45. The predicted octanol–water partition coefficient (Wildman–Crippen LogP) is 2.75. The van der Waals surface area contributed by atoms with Gasteiger partial charge >= 0.3 is 0 Å². The van der Waals surface area contributed by atoms with Gasteiger partial charge in [-0.2, -0.15) is 5.10 Å². The number of rotatable bonds is 8. The summed E-state index contributed by atoms with van der Waals surface area (Å²) in [6, 6.07) is 10.3. The van der Waals surface area contributed by atoms with Crippen molar-refractivity contribution in [2.24, 2.45) is 4.99 Å². The molecule has 0 radical (unpaired) electrons. The summed E-state index contributed by atoms with van der Waals surface area (Å²) in [6.45, 7) is 6.37. The van der Waals surface area contributed by atoms with Crippen molar-refractivity contribution in [3.63, 3.8) is 0 Å². The zero-order valence-electron chi connectivity index (χ0n) is 18.2. The van der Waals surface area contributed by atoms with Crippen molar-refractivity contribution < 1.29 is 8.42 Å². The first-order valence-electron chi connectivity index (χ1n) is 10.6. The molecule has 1 saturated heterocycles. The van der Waals surface area contributed by atoms with E-state index in [1.807, 2.05) is 42.9 Å². The number of nitrogens with one attached hydrogen (secondary N) is 2. The number of guanidine groups is 1. The zero-order valence-corrected chi connectivity index (χ0v) is 21.3. The van der Waals surface area contributed by atoms with Crippen molar-refractivity contribution >= 4 is 40.0 Å².